The molecule has 0 N–H and O–H groups in total. The average molecular weight is 352 g/mol. The number of aryl methyl sites for hydroxylation is 2. The fourth-order valence-electron chi connectivity index (χ4n) is 4.09. The minimum absolute atomic E-state index is 0.748. The number of hydrogen-bond donors (Lipinski definition) is 0. The molecule has 0 spiro atoms. The zero-order valence-electron chi connectivity index (χ0n) is 15.0. The van der Waals surface area contributed by atoms with E-state index in [1.54, 1.807) is 11.3 Å². The van der Waals surface area contributed by atoms with Crippen LogP contribution >= 0.6 is 11.3 Å². The molecule has 3 nitrogen and oxygen atoms in total. The number of likely N-dealkylation sites (tertiary alicyclic amines) is 1. The van der Waals surface area contributed by atoms with Crippen LogP contribution in [0.5, 0.6) is 0 Å². The van der Waals surface area contributed by atoms with Crippen LogP contribution in [0.25, 0.3) is 10.2 Å². The first kappa shape index (κ1) is 16.7. The van der Waals surface area contributed by atoms with Crippen LogP contribution in [0, 0.1) is 19.8 Å². The monoisotopic (exact) mass is 351 g/mol. The van der Waals surface area contributed by atoms with Crippen molar-refractivity contribution in [2.45, 2.75) is 39.7 Å². The third kappa shape index (κ3) is 4.07. The van der Waals surface area contributed by atoms with E-state index in [2.05, 4.69) is 59.0 Å². The highest BCUT2D eigenvalue weighted by atomic mass is 32.1. The lowest BCUT2D eigenvalue weighted by Gasteiger charge is -2.33. The summed E-state index contributed by atoms with van der Waals surface area (Å²) in [6.07, 6.45) is 3.81. The van der Waals surface area contributed by atoms with Gasteiger partial charge in [0.15, 0.2) is 0 Å². The van der Waals surface area contributed by atoms with Gasteiger partial charge in [-0.25, -0.2) is 4.98 Å². The van der Waals surface area contributed by atoms with Gasteiger partial charge < -0.3 is 0 Å². The van der Waals surface area contributed by atoms with Crippen molar-refractivity contribution < 1.29 is 0 Å². The molecule has 1 aliphatic rings. The first-order valence-electron chi connectivity index (χ1n) is 9.14. The van der Waals surface area contributed by atoms with Crippen molar-refractivity contribution in [3.05, 3.63) is 58.4 Å². The summed E-state index contributed by atoms with van der Waals surface area (Å²) in [5.41, 5.74) is 8.18. The molecule has 1 aromatic carbocycles. The van der Waals surface area contributed by atoms with Crippen LogP contribution in [0.2, 0.25) is 0 Å². The van der Waals surface area contributed by atoms with Gasteiger partial charge in [-0.2, -0.15) is 0 Å². The van der Waals surface area contributed by atoms with E-state index in [0.29, 0.717) is 0 Å². The number of nitrogens with zero attached hydrogens (tertiary/aromatic N) is 3. The van der Waals surface area contributed by atoms with Crippen molar-refractivity contribution in [2.24, 2.45) is 5.92 Å². The highest BCUT2D eigenvalue weighted by molar-refractivity contribution is 7.16. The molecule has 25 heavy (non-hydrogen) atoms. The summed E-state index contributed by atoms with van der Waals surface area (Å²) in [5.74, 6) is 0.748. The number of fused-ring (bicyclic) bond motifs is 1. The lowest BCUT2D eigenvalue weighted by atomic mass is 9.91. The standard InChI is InChI=1S/C21H25N3S/c1-15-8-19(9-16(2)23-15)10-17-4-3-7-24(12-17)13-18-5-6-21-20(11-18)22-14-25-21/h5-6,8-9,11,14,17H,3-4,7,10,12-13H2,1-2H3. The molecule has 0 saturated carbocycles. The summed E-state index contributed by atoms with van der Waals surface area (Å²) in [6.45, 7) is 7.63. The van der Waals surface area contributed by atoms with Crippen molar-refractivity contribution in [1.29, 1.82) is 0 Å². The lowest BCUT2D eigenvalue weighted by molar-refractivity contribution is 0.167. The fourth-order valence-corrected chi connectivity index (χ4v) is 4.75. The Morgan fingerprint density at radius 1 is 1.12 bits per heavy atom. The molecule has 0 amide bonds. The number of rotatable bonds is 4. The predicted octanol–water partition coefficient (Wildman–Crippen LogP) is 4.76. The summed E-state index contributed by atoms with van der Waals surface area (Å²) in [4.78, 5) is 11.6. The molecule has 1 fully saturated rings. The van der Waals surface area contributed by atoms with Gasteiger partial charge in [0.2, 0.25) is 0 Å². The second kappa shape index (κ2) is 7.22. The molecule has 1 aliphatic heterocycles. The van der Waals surface area contributed by atoms with Gasteiger partial charge in [-0.05, 0) is 81.0 Å². The minimum Gasteiger partial charge on any atom is -0.299 e. The van der Waals surface area contributed by atoms with E-state index in [1.807, 2.05) is 5.51 Å². The first-order valence-corrected chi connectivity index (χ1v) is 10.0. The van der Waals surface area contributed by atoms with E-state index in [0.717, 1.165) is 29.4 Å². The van der Waals surface area contributed by atoms with Crippen LogP contribution in [-0.2, 0) is 13.0 Å². The second-order valence-electron chi connectivity index (χ2n) is 7.36. The zero-order valence-corrected chi connectivity index (χ0v) is 15.9. The Balaban J connectivity index is 1.41. The summed E-state index contributed by atoms with van der Waals surface area (Å²) in [7, 11) is 0. The summed E-state index contributed by atoms with van der Waals surface area (Å²) >= 11 is 1.72. The molecule has 0 bridgehead atoms. The van der Waals surface area contributed by atoms with E-state index >= 15 is 0 Å². The number of hydrogen-bond acceptors (Lipinski definition) is 4. The van der Waals surface area contributed by atoms with Gasteiger partial charge in [0.25, 0.3) is 0 Å². The Morgan fingerprint density at radius 3 is 2.80 bits per heavy atom. The Labute approximate surface area is 153 Å². The van der Waals surface area contributed by atoms with Crippen LogP contribution in [-0.4, -0.2) is 28.0 Å². The topological polar surface area (TPSA) is 29.0 Å². The number of benzene rings is 1. The van der Waals surface area contributed by atoms with Gasteiger partial charge in [-0.15, -0.1) is 11.3 Å². The summed E-state index contributed by atoms with van der Waals surface area (Å²) in [6, 6.07) is 11.2. The Hall–Kier alpha value is -1.78. The largest absolute Gasteiger partial charge is 0.299 e. The molecule has 1 unspecified atom stereocenters. The van der Waals surface area contributed by atoms with Gasteiger partial charge in [0, 0.05) is 24.5 Å². The van der Waals surface area contributed by atoms with Crippen LogP contribution < -0.4 is 0 Å². The third-order valence-corrected chi connectivity index (χ3v) is 5.88. The quantitative estimate of drug-likeness (QED) is 0.678. The van der Waals surface area contributed by atoms with Crippen LogP contribution in [0.1, 0.15) is 35.4 Å². The molecule has 3 aromatic rings. The zero-order chi connectivity index (χ0) is 17.2. The van der Waals surface area contributed by atoms with Crippen molar-refractivity contribution in [2.75, 3.05) is 13.1 Å². The van der Waals surface area contributed by atoms with Crippen molar-refractivity contribution in [3.63, 3.8) is 0 Å². The molecule has 0 radical (unpaired) electrons. The highest BCUT2D eigenvalue weighted by Gasteiger charge is 2.20. The van der Waals surface area contributed by atoms with Crippen molar-refractivity contribution in [3.8, 4) is 0 Å². The molecule has 4 heteroatoms. The van der Waals surface area contributed by atoms with Crippen molar-refractivity contribution in [1.82, 2.24) is 14.9 Å². The first-order chi connectivity index (χ1) is 12.2. The number of pyridine rings is 1. The molecule has 1 atom stereocenters. The maximum absolute atomic E-state index is 4.50. The highest BCUT2D eigenvalue weighted by Crippen LogP contribution is 2.24. The SMILES string of the molecule is Cc1cc(CC2CCCN(Cc3ccc4scnc4c3)C2)cc(C)n1. The molecule has 3 heterocycles. The van der Waals surface area contributed by atoms with Gasteiger partial charge in [0.1, 0.15) is 0 Å². The fraction of sp³-hybridized carbons (Fsp3) is 0.429. The lowest BCUT2D eigenvalue weighted by Crippen LogP contribution is -2.35. The maximum Gasteiger partial charge on any atom is 0.0815 e. The van der Waals surface area contributed by atoms with Crippen LogP contribution in [0.4, 0.5) is 0 Å². The second-order valence-corrected chi connectivity index (χ2v) is 8.25. The smallest absolute Gasteiger partial charge is 0.0815 e. The predicted molar refractivity (Wildman–Crippen MR) is 105 cm³/mol. The summed E-state index contributed by atoms with van der Waals surface area (Å²) < 4.78 is 1.28. The molecule has 2 aromatic heterocycles. The van der Waals surface area contributed by atoms with E-state index in [4.69, 9.17) is 0 Å². The molecule has 0 aliphatic carbocycles. The van der Waals surface area contributed by atoms with Gasteiger partial charge in [-0.3, -0.25) is 9.88 Å². The molecule has 130 valence electrons. The third-order valence-electron chi connectivity index (χ3n) is 5.07. The summed E-state index contributed by atoms with van der Waals surface area (Å²) in [5, 5.41) is 0. The van der Waals surface area contributed by atoms with E-state index in [9.17, 15) is 0 Å². The number of aromatic nitrogens is 2. The van der Waals surface area contributed by atoms with E-state index in [-0.39, 0.29) is 0 Å². The number of thiazole rings is 1. The molecular weight excluding hydrogens is 326 g/mol. The average Bonchev–Trinajstić information content (AvgIpc) is 3.02. The van der Waals surface area contributed by atoms with E-state index < -0.39 is 0 Å². The number of piperidine rings is 1. The maximum atomic E-state index is 4.50. The minimum atomic E-state index is 0.748. The molecule has 1 saturated heterocycles. The van der Waals surface area contributed by atoms with Crippen LogP contribution in [0.15, 0.2) is 35.8 Å². The van der Waals surface area contributed by atoms with Crippen molar-refractivity contribution >= 4 is 21.6 Å². The van der Waals surface area contributed by atoms with Crippen LogP contribution in [0.3, 0.4) is 0 Å². The van der Waals surface area contributed by atoms with Gasteiger partial charge >= 0.3 is 0 Å². The van der Waals surface area contributed by atoms with Gasteiger partial charge in [0.05, 0.1) is 15.7 Å². The molecule has 4 rings (SSSR count). The van der Waals surface area contributed by atoms with E-state index in [1.165, 1.54) is 48.2 Å². The van der Waals surface area contributed by atoms with Gasteiger partial charge in [-0.1, -0.05) is 6.07 Å². The Bertz CT molecular complexity index is 850. The molecular formula is C21H25N3S. The Morgan fingerprint density at radius 2 is 1.96 bits per heavy atom. The normalized spacial score (nSPS) is 18.7. The Kier molecular flexibility index (Phi) is 4.82.